The maximum absolute atomic E-state index is 11.1. The van der Waals surface area contributed by atoms with Crippen molar-refractivity contribution in [3.63, 3.8) is 0 Å². The van der Waals surface area contributed by atoms with Crippen LogP contribution in [0.3, 0.4) is 0 Å². The van der Waals surface area contributed by atoms with Gasteiger partial charge < -0.3 is 5.11 Å². The third-order valence-corrected chi connectivity index (χ3v) is 4.44. The predicted octanol–water partition coefficient (Wildman–Crippen LogP) is 3.72. The summed E-state index contributed by atoms with van der Waals surface area (Å²) in [6.45, 7) is 0.986. The van der Waals surface area contributed by atoms with Gasteiger partial charge in [-0.05, 0) is 35.7 Å². The molecule has 0 bridgehead atoms. The third kappa shape index (κ3) is 4.16. The molecular weight excluding hydrogens is 336 g/mol. The standard InChI is InChI=1S/C22H20N4O/c27-22(21-13-17-7-1-2-8-18(17)14-25-21)26(15-19-9-3-5-11-23-19)16-20-10-4-6-12-24-20/h1-14,22,27H,15-16H2. The molecule has 3 heterocycles. The fourth-order valence-electron chi connectivity index (χ4n) is 3.06. The Bertz CT molecular complexity index is 967. The first-order chi connectivity index (χ1) is 13.3. The van der Waals surface area contributed by atoms with Gasteiger partial charge in [-0.2, -0.15) is 0 Å². The molecule has 0 aliphatic carbocycles. The van der Waals surface area contributed by atoms with E-state index in [-0.39, 0.29) is 0 Å². The van der Waals surface area contributed by atoms with E-state index < -0.39 is 6.23 Å². The maximum Gasteiger partial charge on any atom is 0.151 e. The van der Waals surface area contributed by atoms with Crippen LogP contribution < -0.4 is 0 Å². The lowest BCUT2D eigenvalue weighted by Crippen LogP contribution is -2.29. The Morgan fingerprint density at radius 3 is 1.93 bits per heavy atom. The van der Waals surface area contributed by atoms with E-state index in [0.717, 1.165) is 22.2 Å². The topological polar surface area (TPSA) is 62.1 Å². The largest absolute Gasteiger partial charge is 0.372 e. The molecule has 5 nitrogen and oxygen atoms in total. The third-order valence-electron chi connectivity index (χ3n) is 4.44. The molecule has 1 atom stereocenters. The smallest absolute Gasteiger partial charge is 0.151 e. The van der Waals surface area contributed by atoms with Crippen molar-refractivity contribution < 1.29 is 5.11 Å². The SMILES string of the molecule is OC(c1cc2ccccc2cn1)N(Cc1ccccn1)Cc1ccccn1. The molecule has 0 fully saturated rings. The summed E-state index contributed by atoms with van der Waals surface area (Å²) in [4.78, 5) is 15.2. The van der Waals surface area contributed by atoms with Gasteiger partial charge in [0, 0.05) is 37.1 Å². The number of fused-ring (bicyclic) bond motifs is 1. The molecule has 27 heavy (non-hydrogen) atoms. The van der Waals surface area contributed by atoms with Crippen LogP contribution in [0.25, 0.3) is 10.8 Å². The summed E-state index contributed by atoms with van der Waals surface area (Å²) in [5.74, 6) is 0. The first-order valence-corrected chi connectivity index (χ1v) is 8.86. The predicted molar refractivity (Wildman–Crippen MR) is 104 cm³/mol. The number of rotatable bonds is 6. The van der Waals surface area contributed by atoms with Gasteiger partial charge in [-0.1, -0.05) is 36.4 Å². The van der Waals surface area contributed by atoms with E-state index in [1.807, 2.05) is 71.6 Å². The second kappa shape index (κ2) is 8.03. The Labute approximate surface area is 158 Å². The summed E-state index contributed by atoms with van der Waals surface area (Å²) in [6, 6.07) is 21.5. The Kier molecular flexibility index (Phi) is 5.14. The molecule has 4 aromatic rings. The molecule has 0 aliphatic rings. The van der Waals surface area contributed by atoms with Crippen LogP contribution in [-0.2, 0) is 13.1 Å². The Morgan fingerprint density at radius 2 is 1.33 bits per heavy atom. The van der Waals surface area contributed by atoms with Crippen molar-refractivity contribution >= 4 is 10.8 Å². The van der Waals surface area contributed by atoms with Gasteiger partial charge in [0.2, 0.25) is 0 Å². The molecular formula is C22H20N4O. The van der Waals surface area contributed by atoms with E-state index in [1.54, 1.807) is 18.6 Å². The number of aliphatic hydroxyl groups is 1. The molecule has 0 saturated carbocycles. The molecule has 3 aromatic heterocycles. The molecule has 4 rings (SSSR count). The summed E-state index contributed by atoms with van der Waals surface area (Å²) >= 11 is 0. The van der Waals surface area contributed by atoms with Crippen molar-refractivity contribution in [2.75, 3.05) is 0 Å². The van der Waals surface area contributed by atoms with E-state index in [2.05, 4.69) is 15.0 Å². The monoisotopic (exact) mass is 356 g/mol. The molecule has 5 heteroatoms. The summed E-state index contributed by atoms with van der Waals surface area (Å²) < 4.78 is 0. The summed E-state index contributed by atoms with van der Waals surface area (Å²) in [5.41, 5.74) is 2.38. The van der Waals surface area contributed by atoms with Gasteiger partial charge in [0.25, 0.3) is 0 Å². The number of aliphatic hydroxyl groups excluding tert-OH is 1. The first-order valence-electron chi connectivity index (χ1n) is 8.86. The fraction of sp³-hybridized carbons (Fsp3) is 0.136. The molecule has 134 valence electrons. The zero-order chi connectivity index (χ0) is 18.5. The summed E-state index contributed by atoms with van der Waals surface area (Å²) in [7, 11) is 0. The maximum atomic E-state index is 11.1. The highest BCUT2D eigenvalue weighted by Gasteiger charge is 2.21. The van der Waals surface area contributed by atoms with E-state index in [4.69, 9.17) is 0 Å². The number of aromatic nitrogens is 3. The van der Waals surface area contributed by atoms with E-state index >= 15 is 0 Å². The van der Waals surface area contributed by atoms with Crippen molar-refractivity contribution in [2.45, 2.75) is 19.3 Å². The van der Waals surface area contributed by atoms with Crippen molar-refractivity contribution in [3.8, 4) is 0 Å². The molecule has 0 spiro atoms. The summed E-state index contributed by atoms with van der Waals surface area (Å²) in [6.07, 6.45) is 4.45. The van der Waals surface area contributed by atoms with Crippen LogP contribution in [0, 0.1) is 0 Å². The number of pyridine rings is 3. The van der Waals surface area contributed by atoms with Crippen LogP contribution in [0.15, 0.2) is 85.3 Å². The molecule has 1 N–H and O–H groups in total. The van der Waals surface area contributed by atoms with Gasteiger partial charge in [0.05, 0.1) is 17.1 Å². The van der Waals surface area contributed by atoms with Crippen LogP contribution in [-0.4, -0.2) is 25.0 Å². The number of benzene rings is 1. The molecule has 1 unspecified atom stereocenters. The number of hydrogen-bond acceptors (Lipinski definition) is 5. The molecule has 0 amide bonds. The highest BCUT2D eigenvalue weighted by atomic mass is 16.3. The second-order valence-corrected chi connectivity index (χ2v) is 6.38. The van der Waals surface area contributed by atoms with Gasteiger partial charge in [0.1, 0.15) is 0 Å². The molecule has 0 radical (unpaired) electrons. The Morgan fingerprint density at radius 1 is 0.741 bits per heavy atom. The normalized spacial score (nSPS) is 12.4. The van der Waals surface area contributed by atoms with Gasteiger partial charge in [-0.25, -0.2) is 0 Å². The second-order valence-electron chi connectivity index (χ2n) is 6.38. The van der Waals surface area contributed by atoms with Crippen LogP contribution in [0.4, 0.5) is 0 Å². The minimum atomic E-state index is -0.862. The molecule has 0 aliphatic heterocycles. The van der Waals surface area contributed by atoms with Gasteiger partial charge in [0.15, 0.2) is 6.23 Å². The fourth-order valence-corrected chi connectivity index (χ4v) is 3.06. The summed E-state index contributed by atoms with van der Waals surface area (Å²) in [5, 5.41) is 13.2. The van der Waals surface area contributed by atoms with Crippen molar-refractivity contribution in [2.24, 2.45) is 0 Å². The highest BCUT2D eigenvalue weighted by Crippen LogP contribution is 2.23. The van der Waals surface area contributed by atoms with E-state index in [1.165, 1.54) is 0 Å². The minimum absolute atomic E-state index is 0.493. The van der Waals surface area contributed by atoms with E-state index in [0.29, 0.717) is 18.8 Å². The minimum Gasteiger partial charge on any atom is -0.372 e. The number of hydrogen-bond donors (Lipinski definition) is 1. The van der Waals surface area contributed by atoms with E-state index in [9.17, 15) is 5.11 Å². The molecule has 0 saturated heterocycles. The lowest BCUT2D eigenvalue weighted by Gasteiger charge is -2.27. The Balaban J connectivity index is 1.64. The average Bonchev–Trinajstić information content (AvgIpc) is 2.74. The lowest BCUT2D eigenvalue weighted by molar-refractivity contribution is -0.0151. The zero-order valence-corrected chi connectivity index (χ0v) is 14.8. The van der Waals surface area contributed by atoms with Crippen LogP contribution in [0.1, 0.15) is 23.3 Å². The molecule has 1 aromatic carbocycles. The van der Waals surface area contributed by atoms with Crippen molar-refractivity contribution in [3.05, 3.63) is 102 Å². The van der Waals surface area contributed by atoms with Crippen LogP contribution in [0.5, 0.6) is 0 Å². The first kappa shape index (κ1) is 17.3. The van der Waals surface area contributed by atoms with Gasteiger partial charge >= 0.3 is 0 Å². The quantitative estimate of drug-likeness (QED) is 0.534. The average molecular weight is 356 g/mol. The Hall–Kier alpha value is -3.15. The number of nitrogens with zero attached hydrogens (tertiary/aromatic N) is 4. The van der Waals surface area contributed by atoms with Gasteiger partial charge in [-0.15, -0.1) is 0 Å². The lowest BCUT2D eigenvalue weighted by atomic mass is 10.1. The van der Waals surface area contributed by atoms with Crippen molar-refractivity contribution in [1.82, 2.24) is 19.9 Å². The van der Waals surface area contributed by atoms with Crippen molar-refractivity contribution in [1.29, 1.82) is 0 Å². The highest BCUT2D eigenvalue weighted by molar-refractivity contribution is 5.81. The van der Waals surface area contributed by atoms with Crippen LogP contribution >= 0.6 is 0 Å². The van der Waals surface area contributed by atoms with Gasteiger partial charge in [-0.3, -0.25) is 19.9 Å². The van der Waals surface area contributed by atoms with Crippen LogP contribution in [0.2, 0.25) is 0 Å². The zero-order valence-electron chi connectivity index (χ0n) is 14.8.